The summed E-state index contributed by atoms with van der Waals surface area (Å²) in [5, 5.41) is 38.6. The van der Waals surface area contributed by atoms with E-state index in [1.165, 1.54) is 11.0 Å². The first-order chi connectivity index (χ1) is 16.1. The molecule has 1 aliphatic rings. The van der Waals surface area contributed by atoms with E-state index in [1.54, 1.807) is 24.3 Å². The Labute approximate surface area is 188 Å². The minimum absolute atomic E-state index is 0.0555. The Hall–Kier alpha value is -3.88. The van der Waals surface area contributed by atoms with E-state index in [4.69, 9.17) is 20.8 Å². The van der Waals surface area contributed by atoms with Gasteiger partial charge in [0.15, 0.2) is 11.9 Å². The van der Waals surface area contributed by atoms with Gasteiger partial charge in [-0.15, -0.1) is 0 Å². The van der Waals surface area contributed by atoms with Gasteiger partial charge in [-0.05, 0) is 24.3 Å². The molecule has 2 aromatic heterocycles. The van der Waals surface area contributed by atoms with Crippen LogP contribution in [0, 0.1) is 11.3 Å². The molecule has 4 aromatic rings. The largest absolute Gasteiger partial charge is 0.387 e. The third kappa shape index (κ3) is 3.69. The van der Waals surface area contributed by atoms with Crippen molar-refractivity contribution in [3.05, 3.63) is 66.5 Å². The standard InChI is InChI=1S/C23H21N7O3/c24-10-13-6-8-15(9-7-13)28-21-17-18(14-4-2-1-3-5-14)29-30(22(17)27-12-26-21)23-20(32)19(31)16(11-25)33-23/h1-9,12,16,19-20,23,31-32H,11,25H2,(H,26,27,28)/t16-,19+,20+,23-/m1/s1. The number of nitriles is 1. The molecule has 0 saturated carbocycles. The van der Waals surface area contributed by atoms with Gasteiger partial charge < -0.3 is 26.0 Å². The second-order valence-corrected chi connectivity index (χ2v) is 7.68. The fraction of sp³-hybridized carbons (Fsp3) is 0.217. The zero-order chi connectivity index (χ0) is 22.9. The van der Waals surface area contributed by atoms with Gasteiger partial charge in [-0.1, -0.05) is 30.3 Å². The Bertz CT molecular complexity index is 1320. The highest BCUT2D eigenvalue weighted by molar-refractivity contribution is 6.00. The van der Waals surface area contributed by atoms with Crippen LogP contribution in [-0.4, -0.2) is 54.8 Å². The quantitative estimate of drug-likeness (QED) is 0.360. The summed E-state index contributed by atoms with van der Waals surface area (Å²) in [5.74, 6) is 0.498. The Kier molecular flexibility index (Phi) is 5.45. The smallest absolute Gasteiger partial charge is 0.181 e. The number of anilines is 2. The predicted octanol–water partition coefficient (Wildman–Crippen LogP) is 1.69. The van der Waals surface area contributed by atoms with Crippen LogP contribution in [0.15, 0.2) is 60.9 Å². The summed E-state index contributed by atoms with van der Waals surface area (Å²) in [5.41, 5.74) is 8.80. The number of aliphatic hydroxyl groups excluding tert-OH is 2. The summed E-state index contributed by atoms with van der Waals surface area (Å²) in [6.45, 7) is 0.0555. The van der Waals surface area contributed by atoms with Crippen LogP contribution >= 0.6 is 0 Å². The van der Waals surface area contributed by atoms with Gasteiger partial charge in [0.25, 0.3) is 0 Å². The zero-order valence-corrected chi connectivity index (χ0v) is 17.4. The molecule has 0 spiro atoms. The molecule has 5 N–H and O–H groups in total. The molecule has 10 heteroatoms. The van der Waals surface area contributed by atoms with Gasteiger partial charge in [0.1, 0.15) is 36.2 Å². The van der Waals surface area contributed by atoms with Gasteiger partial charge in [-0.2, -0.15) is 10.4 Å². The minimum Gasteiger partial charge on any atom is -0.387 e. The molecular formula is C23H21N7O3. The van der Waals surface area contributed by atoms with Crippen LogP contribution in [0.25, 0.3) is 22.3 Å². The number of nitrogens with zero attached hydrogens (tertiary/aromatic N) is 5. The number of hydrogen-bond donors (Lipinski definition) is 4. The molecule has 0 unspecified atom stereocenters. The molecule has 33 heavy (non-hydrogen) atoms. The first-order valence-corrected chi connectivity index (χ1v) is 10.4. The Balaban J connectivity index is 1.66. The molecule has 10 nitrogen and oxygen atoms in total. The lowest BCUT2D eigenvalue weighted by Crippen LogP contribution is -2.35. The molecule has 2 aromatic carbocycles. The Morgan fingerprint density at radius 1 is 1.06 bits per heavy atom. The van der Waals surface area contributed by atoms with Crippen LogP contribution < -0.4 is 11.1 Å². The first kappa shape index (κ1) is 21.0. The van der Waals surface area contributed by atoms with E-state index in [1.807, 2.05) is 30.3 Å². The molecule has 1 saturated heterocycles. The number of aromatic nitrogens is 4. The van der Waals surface area contributed by atoms with Gasteiger partial charge in [0, 0.05) is 17.8 Å². The molecule has 0 bridgehead atoms. The average Bonchev–Trinajstić information content (AvgIpc) is 3.38. The number of nitrogens with one attached hydrogen (secondary N) is 1. The molecule has 5 rings (SSSR count). The van der Waals surface area contributed by atoms with Crippen molar-refractivity contribution in [3.63, 3.8) is 0 Å². The van der Waals surface area contributed by atoms with Crippen molar-refractivity contribution in [3.8, 4) is 17.3 Å². The summed E-state index contributed by atoms with van der Waals surface area (Å²) < 4.78 is 7.29. The van der Waals surface area contributed by atoms with Crippen LogP contribution in [0.1, 0.15) is 11.8 Å². The zero-order valence-electron chi connectivity index (χ0n) is 17.4. The normalized spacial score (nSPS) is 22.4. The molecular weight excluding hydrogens is 422 g/mol. The molecule has 0 aliphatic carbocycles. The number of ether oxygens (including phenoxy) is 1. The van der Waals surface area contributed by atoms with Crippen LogP contribution in [0.4, 0.5) is 11.5 Å². The van der Waals surface area contributed by atoms with Crippen LogP contribution in [0.5, 0.6) is 0 Å². The van der Waals surface area contributed by atoms with Gasteiger partial charge >= 0.3 is 0 Å². The summed E-state index contributed by atoms with van der Waals surface area (Å²) in [6.07, 6.45) is -2.67. The lowest BCUT2D eigenvalue weighted by atomic mass is 10.1. The summed E-state index contributed by atoms with van der Waals surface area (Å²) in [6, 6.07) is 18.6. The highest BCUT2D eigenvalue weighted by atomic mass is 16.6. The number of fused-ring (bicyclic) bond motifs is 1. The number of nitrogens with two attached hydrogens (primary N) is 1. The monoisotopic (exact) mass is 443 g/mol. The Morgan fingerprint density at radius 3 is 2.48 bits per heavy atom. The van der Waals surface area contributed by atoms with Gasteiger partial charge in [-0.25, -0.2) is 14.6 Å². The van der Waals surface area contributed by atoms with Crippen molar-refractivity contribution in [1.29, 1.82) is 5.26 Å². The Morgan fingerprint density at radius 2 is 1.82 bits per heavy atom. The maximum atomic E-state index is 10.6. The molecule has 4 atom stereocenters. The molecule has 1 fully saturated rings. The summed E-state index contributed by atoms with van der Waals surface area (Å²) in [4.78, 5) is 8.84. The van der Waals surface area contributed by atoms with E-state index in [0.29, 0.717) is 28.1 Å². The van der Waals surface area contributed by atoms with E-state index < -0.39 is 24.5 Å². The predicted molar refractivity (Wildman–Crippen MR) is 120 cm³/mol. The van der Waals surface area contributed by atoms with E-state index in [2.05, 4.69) is 21.4 Å². The van der Waals surface area contributed by atoms with Gasteiger partial charge in [0.05, 0.1) is 17.0 Å². The van der Waals surface area contributed by atoms with E-state index >= 15 is 0 Å². The second kappa shape index (κ2) is 8.57. The van der Waals surface area contributed by atoms with E-state index in [-0.39, 0.29) is 6.54 Å². The third-order valence-electron chi connectivity index (χ3n) is 5.62. The van der Waals surface area contributed by atoms with Crippen molar-refractivity contribution in [2.45, 2.75) is 24.5 Å². The number of hydrogen-bond acceptors (Lipinski definition) is 9. The maximum Gasteiger partial charge on any atom is 0.181 e. The number of rotatable bonds is 5. The van der Waals surface area contributed by atoms with E-state index in [9.17, 15) is 10.2 Å². The van der Waals surface area contributed by atoms with Crippen LogP contribution in [-0.2, 0) is 4.74 Å². The molecule has 166 valence electrons. The van der Waals surface area contributed by atoms with Crippen LogP contribution in [0.3, 0.4) is 0 Å². The number of aliphatic hydroxyl groups is 2. The molecule has 3 heterocycles. The fourth-order valence-corrected chi connectivity index (χ4v) is 3.93. The van der Waals surface area contributed by atoms with Crippen LogP contribution in [0.2, 0.25) is 0 Å². The maximum absolute atomic E-state index is 10.6. The van der Waals surface area contributed by atoms with Crippen molar-refractivity contribution >= 4 is 22.5 Å². The minimum atomic E-state index is -1.23. The number of benzene rings is 2. The molecule has 0 radical (unpaired) electrons. The van der Waals surface area contributed by atoms with Crippen molar-refractivity contribution in [2.75, 3.05) is 11.9 Å². The van der Waals surface area contributed by atoms with Gasteiger partial charge in [-0.3, -0.25) is 0 Å². The summed E-state index contributed by atoms with van der Waals surface area (Å²) in [7, 11) is 0. The van der Waals surface area contributed by atoms with Gasteiger partial charge in [0.2, 0.25) is 0 Å². The average molecular weight is 443 g/mol. The lowest BCUT2D eigenvalue weighted by molar-refractivity contribution is -0.0391. The SMILES string of the molecule is N#Cc1ccc(Nc2ncnc3c2c(-c2ccccc2)nn3[C@@H]2O[C@H](CN)[C@H](O)[C@@H]2O)cc1. The second-order valence-electron chi connectivity index (χ2n) is 7.68. The van der Waals surface area contributed by atoms with Crippen molar-refractivity contribution < 1.29 is 14.9 Å². The lowest BCUT2D eigenvalue weighted by Gasteiger charge is -2.15. The highest BCUT2D eigenvalue weighted by Gasteiger charge is 2.44. The van der Waals surface area contributed by atoms with Crippen molar-refractivity contribution in [2.24, 2.45) is 5.73 Å². The topological polar surface area (TPSA) is 155 Å². The summed E-state index contributed by atoms with van der Waals surface area (Å²) >= 11 is 0. The third-order valence-corrected chi connectivity index (χ3v) is 5.62. The molecule has 1 aliphatic heterocycles. The first-order valence-electron chi connectivity index (χ1n) is 10.4. The van der Waals surface area contributed by atoms with E-state index in [0.717, 1.165) is 11.3 Å². The van der Waals surface area contributed by atoms with Crippen molar-refractivity contribution in [1.82, 2.24) is 19.7 Å². The fourth-order valence-electron chi connectivity index (χ4n) is 3.93. The molecule has 0 amide bonds. The highest BCUT2D eigenvalue weighted by Crippen LogP contribution is 2.37.